The highest BCUT2D eigenvalue weighted by Gasteiger charge is 2.20. The van der Waals surface area contributed by atoms with Crippen LogP contribution in [0.4, 0.5) is 0 Å². The van der Waals surface area contributed by atoms with Gasteiger partial charge in [0.25, 0.3) is 5.91 Å². The lowest BCUT2D eigenvalue weighted by Crippen LogP contribution is -2.32. The molecule has 2 N–H and O–H groups in total. The lowest BCUT2D eigenvalue weighted by Gasteiger charge is -2.13. The molecule has 1 amide bonds. The van der Waals surface area contributed by atoms with E-state index in [1.165, 1.54) is 0 Å². The zero-order valence-corrected chi connectivity index (χ0v) is 12.6. The second-order valence-electron chi connectivity index (χ2n) is 5.14. The van der Waals surface area contributed by atoms with E-state index in [-0.39, 0.29) is 18.6 Å². The molecular formula is C16H21NO4. The van der Waals surface area contributed by atoms with Crippen molar-refractivity contribution in [3.63, 3.8) is 0 Å². The van der Waals surface area contributed by atoms with Crippen molar-refractivity contribution in [3.8, 4) is 5.75 Å². The number of carbonyl (C=O) groups is 1. The Labute approximate surface area is 123 Å². The second-order valence-corrected chi connectivity index (χ2v) is 5.14. The van der Waals surface area contributed by atoms with Crippen LogP contribution in [0.3, 0.4) is 0 Å². The van der Waals surface area contributed by atoms with Gasteiger partial charge >= 0.3 is 0 Å². The van der Waals surface area contributed by atoms with Gasteiger partial charge in [-0.15, -0.1) is 0 Å². The van der Waals surface area contributed by atoms with Crippen LogP contribution in [0.15, 0.2) is 22.6 Å². The maximum absolute atomic E-state index is 12.4. The van der Waals surface area contributed by atoms with Gasteiger partial charge in [-0.05, 0) is 44.9 Å². The van der Waals surface area contributed by atoms with Crippen LogP contribution in [0.25, 0.3) is 11.0 Å². The third kappa shape index (κ3) is 3.36. The molecule has 0 fully saturated rings. The van der Waals surface area contributed by atoms with Gasteiger partial charge in [0.1, 0.15) is 17.1 Å². The van der Waals surface area contributed by atoms with Crippen LogP contribution in [0.1, 0.15) is 35.9 Å². The highest BCUT2D eigenvalue weighted by atomic mass is 16.5. The summed E-state index contributed by atoms with van der Waals surface area (Å²) in [5, 5.41) is 12.5. The molecule has 5 nitrogen and oxygen atoms in total. The van der Waals surface area contributed by atoms with Crippen LogP contribution in [0.5, 0.6) is 5.75 Å². The molecule has 0 aliphatic carbocycles. The largest absolute Gasteiger partial charge is 0.497 e. The summed E-state index contributed by atoms with van der Waals surface area (Å²) in [6.07, 6.45) is 1.40. The maximum Gasteiger partial charge on any atom is 0.255 e. The van der Waals surface area contributed by atoms with E-state index in [1.54, 1.807) is 32.2 Å². The number of aryl methyl sites for hydroxylation is 1. The van der Waals surface area contributed by atoms with Crippen molar-refractivity contribution in [2.75, 3.05) is 13.7 Å². The minimum absolute atomic E-state index is 0.000363. The number of ether oxygens (including phenoxy) is 1. The van der Waals surface area contributed by atoms with Gasteiger partial charge in [-0.25, -0.2) is 0 Å². The molecule has 0 aliphatic heterocycles. The summed E-state index contributed by atoms with van der Waals surface area (Å²) in [4.78, 5) is 12.4. The Balaban J connectivity index is 2.27. The van der Waals surface area contributed by atoms with Crippen LogP contribution < -0.4 is 10.1 Å². The van der Waals surface area contributed by atoms with Gasteiger partial charge in [0.2, 0.25) is 0 Å². The monoisotopic (exact) mass is 291 g/mol. The Hall–Kier alpha value is -2.01. The van der Waals surface area contributed by atoms with E-state index in [4.69, 9.17) is 14.3 Å². The number of aliphatic hydroxyl groups excluding tert-OH is 1. The molecule has 1 unspecified atom stereocenters. The number of aliphatic hydroxyl groups is 1. The highest BCUT2D eigenvalue weighted by Crippen LogP contribution is 2.29. The van der Waals surface area contributed by atoms with E-state index in [9.17, 15) is 4.79 Å². The summed E-state index contributed by atoms with van der Waals surface area (Å²) < 4.78 is 10.8. The summed E-state index contributed by atoms with van der Waals surface area (Å²) in [6, 6.07) is 5.41. The number of carbonyl (C=O) groups excluding carboxylic acids is 1. The van der Waals surface area contributed by atoms with Crippen molar-refractivity contribution in [2.24, 2.45) is 0 Å². The van der Waals surface area contributed by atoms with E-state index in [0.717, 1.165) is 11.8 Å². The molecule has 0 spiro atoms. The molecule has 114 valence electrons. The third-order valence-electron chi connectivity index (χ3n) is 3.47. The minimum Gasteiger partial charge on any atom is -0.497 e. The van der Waals surface area contributed by atoms with Crippen molar-refractivity contribution >= 4 is 16.9 Å². The van der Waals surface area contributed by atoms with Gasteiger partial charge in [-0.1, -0.05) is 0 Å². The fourth-order valence-corrected chi connectivity index (χ4v) is 2.37. The Morgan fingerprint density at radius 1 is 1.48 bits per heavy atom. The maximum atomic E-state index is 12.4. The van der Waals surface area contributed by atoms with Crippen LogP contribution >= 0.6 is 0 Å². The zero-order chi connectivity index (χ0) is 15.4. The summed E-state index contributed by atoms with van der Waals surface area (Å²) >= 11 is 0. The minimum atomic E-state index is -0.162. The third-order valence-corrected chi connectivity index (χ3v) is 3.47. The van der Waals surface area contributed by atoms with E-state index in [0.29, 0.717) is 29.1 Å². The van der Waals surface area contributed by atoms with Gasteiger partial charge in [0, 0.05) is 18.0 Å². The molecule has 0 saturated carbocycles. The first-order chi connectivity index (χ1) is 10.1. The average molecular weight is 291 g/mol. The number of nitrogens with one attached hydrogen (secondary N) is 1. The second kappa shape index (κ2) is 6.63. The molecule has 1 aromatic carbocycles. The number of benzene rings is 1. The van der Waals surface area contributed by atoms with Crippen molar-refractivity contribution in [1.29, 1.82) is 0 Å². The number of hydrogen-bond acceptors (Lipinski definition) is 4. The SMILES string of the molecule is COc1ccc2oc(C)c(C(=O)NC(C)CCCO)c2c1. The normalized spacial score (nSPS) is 12.4. The Bertz CT molecular complexity index is 632. The fraction of sp³-hybridized carbons (Fsp3) is 0.438. The van der Waals surface area contributed by atoms with Crippen molar-refractivity contribution < 1.29 is 19.1 Å². The van der Waals surface area contributed by atoms with Gasteiger partial charge in [-0.3, -0.25) is 4.79 Å². The molecule has 0 radical (unpaired) electrons. The van der Waals surface area contributed by atoms with E-state index in [1.807, 2.05) is 6.92 Å². The Kier molecular flexibility index (Phi) is 4.85. The predicted octanol–water partition coefficient (Wildman–Crippen LogP) is 2.64. The van der Waals surface area contributed by atoms with E-state index < -0.39 is 0 Å². The first-order valence-electron chi connectivity index (χ1n) is 7.05. The number of fused-ring (bicyclic) bond motifs is 1. The standard InChI is InChI=1S/C16H21NO4/c1-10(5-4-8-18)17-16(19)15-11(2)21-14-7-6-12(20-3)9-13(14)15/h6-7,9-10,18H,4-5,8H2,1-3H3,(H,17,19). The van der Waals surface area contributed by atoms with Crippen LogP contribution in [-0.2, 0) is 0 Å². The van der Waals surface area contributed by atoms with Crippen molar-refractivity contribution in [3.05, 3.63) is 29.5 Å². The molecule has 0 saturated heterocycles. The van der Waals surface area contributed by atoms with E-state index in [2.05, 4.69) is 5.32 Å². The molecule has 2 rings (SSSR count). The predicted molar refractivity (Wildman–Crippen MR) is 80.8 cm³/mol. The van der Waals surface area contributed by atoms with Crippen molar-refractivity contribution in [2.45, 2.75) is 32.7 Å². The topological polar surface area (TPSA) is 71.7 Å². The first-order valence-corrected chi connectivity index (χ1v) is 7.05. The number of methoxy groups -OCH3 is 1. The number of hydrogen-bond donors (Lipinski definition) is 2. The number of amides is 1. The summed E-state index contributed by atoms with van der Waals surface area (Å²) in [6.45, 7) is 3.83. The van der Waals surface area contributed by atoms with Gasteiger partial charge in [0.05, 0.1) is 12.7 Å². The highest BCUT2D eigenvalue weighted by molar-refractivity contribution is 6.07. The average Bonchev–Trinajstić information content (AvgIpc) is 2.79. The molecule has 5 heteroatoms. The molecule has 1 heterocycles. The van der Waals surface area contributed by atoms with Gasteiger partial charge < -0.3 is 19.6 Å². The molecule has 1 aromatic heterocycles. The Morgan fingerprint density at radius 2 is 2.24 bits per heavy atom. The lowest BCUT2D eigenvalue weighted by atomic mass is 10.1. The van der Waals surface area contributed by atoms with E-state index >= 15 is 0 Å². The van der Waals surface area contributed by atoms with Gasteiger partial charge in [0.15, 0.2) is 0 Å². The summed E-state index contributed by atoms with van der Waals surface area (Å²) in [5.41, 5.74) is 1.21. The molecule has 2 aromatic rings. The summed E-state index contributed by atoms with van der Waals surface area (Å²) in [5.74, 6) is 1.11. The zero-order valence-electron chi connectivity index (χ0n) is 12.6. The lowest BCUT2D eigenvalue weighted by molar-refractivity contribution is 0.0936. The molecule has 0 aliphatic rings. The smallest absolute Gasteiger partial charge is 0.255 e. The number of rotatable bonds is 6. The fourth-order valence-electron chi connectivity index (χ4n) is 2.37. The van der Waals surface area contributed by atoms with Gasteiger partial charge in [-0.2, -0.15) is 0 Å². The van der Waals surface area contributed by atoms with Crippen molar-refractivity contribution in [1.82, 2.24) is 5.32 Å². The molecule has 0 bridgehead atoms. The molecular weight excluding hydrogens is 270 g/mol. The quantitative estimate of drug-likeness (QED) is 0.858. The van der Waals surface area contributed by atoms with Crippen LogP contribution in [-0.4, -0.2) is 30.8 Å². The molecule has 21 heavy (non-hydrogen) atoms. The number of furan rings is 1. The Morgan fingerprint density at radius 3 is 2.90 bits per heavy atom. The summed E-state index contributed by atoms with van der Waals surface area (Å²) in [7, 11) is 1.59. The van der Waals surface area contributed by atoms with Crippen LogP contribution in [0.2, 0.25) is 0 Å². The first kappa shape index (κ1) is 15.4. The molecule has 1 atom stereocenters. The van der Waals surface area contributed by atoms with Crippen LogP contribution in [0, 0.1) is 6.92 Å².